The first kappa shape index (κ1) is 23.4. The molecular formula is C35H28N2OSi. The summed E-state index contributed by atoms with van der Waals surface area (Å²) >= 11 is 0. The van der Waals surface area contributed by atoms with E-state index in [-0.39, 0.29) is 5.56 Å². The Labute approximate surface area is 229 Å². The zero-order valence-electron chi connectivity index (χ0n) is 22.0. The van der Waals surface area contributed by atoms with Gasteiger partial charge in [-0.15, -0.1) is 0 Å². The zero-order chi connectivity index (χ0) is 26.6. The molecular weight excluding hydrogens is 492 g/mol. The quantitative estimate of drug-likeness (QED) is 0.306. The lowest BCUT2D eigenvalue weighted by Crippen LogP contribution is -2.77. The Hall–Kier alpha value is -4.67. The topological polar surface area (TPSA) is 25.2 Å². The van der Waals surface area contributed by atoms with E-state index < -0.39 is 8.07 Å². The molecule has 1 aliphatic rings. The maximum atomic E-state index is 13.2. The van der Waals surface area contributed by atoms with Crippen LogP contribution in [0.5, 0.6) is 0 Å². The molecule has 5 aromatic carbocycles. The van der Waals surface area contributed by atoms with E-state index in [9.17, 15) is 4.79 Å². The lowest BCUT2D eigenvalue weighted by atomic mass is 10.1. The second kappa shape index (κ2) is 8.97. The van der Waals surface area contributed by atoms with E-state index in [1.165, 1.54) is 32.1 Å². The summed E-state index contributed by atoms with van der Waals surface area (Å²) in [5, 5.41) is 7.15. The molecule has 3 nitrogen and oxygen atoms in total. The minimum absolute atomic E-state index is 0.0216. The Morgan fingerprint density at radius 3 is 1.67 bits per heavy atom. The van der Waals surface area contributed by atoms with Crippen LogP contribution in [0.25, 0.3) is 10.8 Å². The van der Waals surface area contributed by atoms with Crippen LogP contribution in [0, 0.1) is 6.92 Å². The van der Waals surface area contributed by atoms with Crippen LogP contribution in [0.4, 0.5) is 17.1 Å². The van der Waals surface area contributed by atoms with Crippen LogP contribution < -0.4 is 31.2 Å². The molecule has 0 spiro atoms. The van der Waals surface area contributed by atoms with Gasteiger partial charge in [-0.2, -0.15) is 0 Å². The van der Waals surface area contributed by atoms with E-state index in [1.54, 1.807) is 4.57 Å². The zero-order valence-corrected chi connectivity index (χ0v) is 23.0. The number of hydrogen-bond donors (Lipinski definition) is 0. The summed E-state index contributed by atoms with van der Waals surface area (Å²) in [6.07, 6.45) is 1.91. The maximum Gasteiger partial charge on any atom is 0.258 e. The average molecular weight is 521 g/mol. The minimum Gasteiger partial charge on any atom is -0.318 e. The van der Waals surface area contributed by atoms with Gasteiger partial charge >= 0.3 is 0 Å². The van der Waals surface area contributed by atoms with Crippen molar-refractivity contribution in [3.8, 4) is 0 Å². The monoisotopic (exact) mass is 520 g/mol. The Morgan fingerprint density at radius 1 is 0.590 bits per heavy atom. The number of para-hydroxylation sites is 2. The molecule has 0 radical (unpaired) electrons. The van der Waals surface area contributed by atoms with Crippen LogP contribution in [0.15, 0.2) is 138 Å². The third-order valence-corrected chi connectivity index (χ3v) is 13.0. The van der Waals surface area contributed by atoms with E-state index in [1.807, 2.05) is 13.2 Å². The summed E-state index contributed by atoms with van der Waals surface area (Å²) in [5.74, 6) is 0. The number of hydrogen-bond acceptors (Lipinski definition) is 2. The number of anilines is 3. The fourth-order valence-corrected chi connectivity index (χ4v) is 11.6. The second-order valence-electron chi connectivity index (χ2n) is 10.3. The number of aromatic nitrogens is 1. The SMILES string of the molecule is Cc1cn(C)c(=O)c2cc(N3c4ccccc4[Si](c4ccccc4)(c4ccccc4)c4ccccc43)ccc12. The van der Waals surface area contributed by atoms with Gasteiger partial charge in [-0.25, -0.2) is 0 Å². The van der Waals surface area contributed by atoms with Crippen LogP contribution in [0.1, 0.15) is 5.56 Å². The molecule has 0 saturated carbocycles. The van der Waals surface area contributed by atoms with Gasteiger partial charge in [0.25, 0.3) is 5.56 Å². The number of pyridine rings is 1. The van der Waals surface area contributed by atoms with Gasteiger partial charge in [0.1, 0.15) is 0 Å². The molecule has 0 fully saturated rings. The Morgan fingerprint density at radius 2 is 1.10 bits per heavy atom. The highest BCUT2D eigenvalue weighted by Crippen LogP contribution is 2.39. The highest BCUT2D eigenvalue weighted by Gasteiger charge is 2.48. The Kier molecular flexibility index (Phi) is 5.39. The van der Waals surface area contributed by atoms with Crippen LogP contribution in [-0.2, 0) is 7.05 Å². The number of fused-ring (bicyclic) bond motifs is 3. The van der Waals surface area contributed by atoms with Crippen molar-refractivity contribution in [2.45, 2.75) is 6.92 Å². The van der Waals surface area contributed by atoms with E-state index in [4.69, 9.17) is 0 Å². The molecule has 188 valence electrons. The summed E-state index contributed by atoms with van der Waals surface area (Å²) in [6, 6.07) is 46.0. The van der Waals surface area contributed by atoms with Crippen molar-refractivity contribution in [3.05, 3.63) is 150 Å². The number of nitrogens with zero attached hydrogens (tertiary/aromatic N) is 2. The molecule has 0 atom stereocenters. The van der Waals surface area contributed by atoms with Crippen molar-refractivity contribution in [1.82, 2.24) is 4.57 Å². The smallest absolute Gasteiger partial charge is 0.258 e. The molecule has 39 heavy (non-hydrogen) atoms. The van der Waals surface area contributed by atoms with Gasteiger partial charge < -0.3 is 9.47 Å². The first-order valence-electron chi connectivity index (χ1n) is 13.3. The van der Waals surface area contributed by atoms with Gasteiger partial charge in [0.05, 0.1) is 0 Å². The lowest BCUT2D eigenvalue weighted by molar-refractivity contribution is 0.866. The molecule has 0 aliphatic carbocycles. The summed E-state index contributed by atoms with van der Waals surface area (Å²) in [5.41, 5.74) is 4.44. The third-order valence-electron chi connectivity index (χ3n) is 8.14. The van der Waals surface area contributed by atoms with E-state index in [0.717, 1.165) is 22.0 Å². The van der Waals surface area contributed by atoms with Crippen LogP contribution in [-0.4, -0.2) is 12.6 Å². The van der Waals surface area contributed by atoms with Gasteiger partial charge in [0.2, 0.25) is 0 Å². The van der Waals surface area contributed by atoms with Crippen molar-refractivity contribution in [2.24, 2.45) is 7.05 Å². The summed E-state index contributed by atoms with van der Waals surface area (Å²) in [7, 11) is -0.815. The van der Waals surface area contributed by atoms with Crippen LogP contribution in [0.3, 0.4) is 0 Å². The standard InChI is InChI=1S/C35H28N2OSi/c1-25-24-36(2)35(38)30-23-26(21-22-29(25)30)37-31-17-9-11-19-33(31)39(27-13-5-3-6-14-27,28-15-7-4-8-16-28)34-20-12-10-18-32(34)37/h3-24H,1-2H3. The maximum absolute atomic E-state index is 13.2. The third kappa shape index (κ3) is 3.38. The van der Waals surface area contributed by atoms with Gasteiger partial charge in [-0.05, 0) is 62.9 Å². The van der Waals surface area contributed by atoms with Crippen LogP contribution >= 0.6 is 0 Å². The molecule has 2 heterocycles. The molecule has 7 rings (SSSR count). The summed E-state index contributed by atoms with van der Waals surface area (Å²) < 4.78 is 1.68. The highest BCUT2D eigenvalue weighted by molar-refractivity contribution is 7.21. The average Bonchev–Trinajstić information content (AvgIpc) is 2.99. The normalized spacial score (nSPS) is 13.6. The Bertz CT molecular complexity index is 1820. The predicted molar refractivity (Wildman–Crippen MR) is 166 cm³/mol. The van der Waals surface area contributed by atoms with Gasteiger partial charge in [-0.1, -0.05) is 103 Å². The molecule has 0 N–H and O–H groups in total. The second-order valence-corrected chi connectivity index (χ2v) is 14.0. The molecule has 4 heteroatoms. The largest absolute Gasteiger partial charge is 0.318 e. The summed E-state index contributed by atoms with van der Waals surface area (Å²) in [6.45, 7) is 2.06. The first-order valence-corrected chi connectivity index (χ1v) is 15.3. The van der Waals surface area contributed by atoms with Crippen molar-refractivity contribution in [2.75, 3.05) is 4.90 Å². The molecule has 1 aliphatic heterocycles. The van der Waals surface area contributed by atoms with Crippen molar-refractivity contribution in [1.29, 1.82) is 0 Å². The van der Waals surface area contributed by atoms with Crippen LogP contribution in [0.2, 0.25) is 0 Å². The summed E-state index contributed by atoms with van der Waals surface area (Å²) in [4.78, 5) is 15.6. The number of rotatable bonds is 3. The van der Waals surface area contributed by atoms with Crippen molar-refractivity contribution in [3.63, 3.8) is 0 Å². The predicted octanol–water partition coefficient (Wildman–Crippen LogP) is 5.01. The molecule has 0 unspecified atom stereocenters. The molecule has 0 bridgehead atoms. The number of benzene rings is 5. The van der Waals surface area contributed by atoms with E-state index in [0.29, 0.717) is 0 Å². The fourth-order valence-electron chi connectivity index (χ4n) is 6.49. The van der Waals surface area contributed by atoms with E-state index >= 15 is 0 Å². The van der Waals surface area contributed by atoms with Crippen molar-refractivity contribution < 1.29 is 0 Å². The molecule has 6 aromatic rings. The van der Waals surface area contributed by atoms with Gasteiger partial charge in [0, 0.05) is 35.7 Å². The minimum atomic E-state index is -2.64. The fraction of sp³-hybridized carbons (Fsp3) is 0.0571. The van der Waals surface area contributed by atoms with Gasteiger partial charge in [-0.3, -0.25) is 4.79 Å². The molecule has 1 aromatic heterocycles. The van der Waals surface area contributed by atoms with Crippen molar-refractivity contribution >= 4 is 56.7 Å². The highest BCUT2D eigenvalue weighted by atomic mass is 28.3. The van der Waals surface area contributed by atoms with E-state index in [2.05, 4.69) is 139 Å². The Balaban J connectivity index is 1.59. The molecule has 0 amide bonds. The van der Waals surface area contributed by atoms with Gasteiger partial charge in [0.15, 0.2) is 8.07 Å². The number of aryl methyl sites for hydroxylation is 2. The first-order chi connectivity index (χ1) is 19.1. The lowest BCUT2D eigenvalue weighted by Gasteiger charge is -2.45. The molecule has 0 saturated heterocycles.